The van der Waals surface area contributed by atoms with Crippen molar-refractivity contribution in [1.29, 1.82) is 0 Å². The van der Waals surface area contributed by atoms with Gasteiger partial charge in [-0.2, -0.15) is 0 Å². The molecule has 1 aliphatic carbocycles. The highest BCUT2D eigenvalue weighted by molar-refractivity contribution is 5.95. The summed E-state index contributed by atoms with van der Waals surface area (Å²) in [4.78, 5) is 11.5. The number of anilines is 1. The highest BCUT2D eigenvalue weighted by Crippen LogP contribution is 2.39. The first kappa shape index (κ1) is 9.96. The molecule has 1 aromatic rings. The van der Waals surface area contributed by atoms with Gasteiger partial charge in [0, 0.05) is 12.0 Å². The number of carbonyl (C=O) groups is 1. The topological polar surface area (TPSA) is 49.3 Å². The fourth-order valence-electron chi connectivity index (χ4n) is 1.52. The van der Waals surface area contributed by atoms with Crippen LogP contribution in [0.15, 0.2) is 18.2 Å². The van der Waals surface area contributed by atoms with E-state index < -0.39 is 5.82 Å². The lowest BCUT2D eigenvalue weighted by Gasteiger charge is -2.06. The van der Waals surface area contributed by atoms with Crippen molar-refractivity contribution < 1.29 is 14.3 Å². The van der Waals surface area contributed by atoms with Gasteiger partial charge in [-0.1, -0.05) is 6.92 Å². The SMILES string of the molecule is CC1CC1C(=O)Nc1cc(F)ccc1O. The molecule has 1 fully saturated rings. The zero-order valence-electron chi connectivity index (χ0n) is 8.33. The van der Waals surface area contributed by atoms with Crippen LogP contribution in [0, 0.1) is 17.7 Å². The van der Waals surface area contributed by atoms with Gasteiger partial charge in [-0.05, 0) is 24.5 Å². The van der Waals surface area contributed by atoms with E-state index in [-0.39, 0.29) is 23.3 Å². The Morgan fingerprint density at radius 3 is 2.87 bits per heavy atom. The summed E-state index contributed by atoms with van der Waals surface area (Å²) in [6.07, 6.45) is 0.863. The molecular formula is C11H12FNO2. The molecule has 0 aromatic heterocycles. The minimum absolute atomic E-state index is 0.00710. The van der Waals surface area contributed by atoms with Gasteiger partial charge in [-0.15, -0.1) is 0 Å². The molecule has 0 aliphatic heterocycles. The summed E-state index contributed by atoms with van der Waals surface area (Å²) in [5.41, 5.74) is 0.138. The van der Waals surface area contributed by atoms with Crippen LogP contribution in [0.5, 0.6) is 5.75 Å². The fourth-order valence-corrected chi connectivity index (χ4v) is 1.52. The van der Waals surface area contributed by atoms with Crippen LogP contribution in [0.25, 0.3) is 0 Å². The normalized spacial score (nSPS) is 23.6. The van der Waals surface area contributed by atoms with Gasteiger partial charge in [0.05, 0.1) is 5.69 Å². The van der Waals surface area contributed by atoms with Crippen molar-refractivity contribution in [2.24, 2.45) is 11.8 Å². The van der Waals surface area contributed by atoms with E-state index in [1.54, 1.807) is 0 Å². The molecule has 0 heterocycles. The van der Waals surface area contributed by atoms with Crippen LogP contribution in [0.3, 0.4) is 0 Å². The van der Waals surface area contributed by atoms with Crippen LogP contribution < -0.4 is 5.32 Å². The molecule has 1 amide bonds. The fraction of sp³-hybridized carbons (Fsp3) is 0.364. The van der Waals surface area contributed by atoms with Crippen molar-refractivity contribution in [2.75, 3.05) is 5.32 Å². The zero-order chi connectivity index (χ0) is 11.0. The molecule has 2 N–H and O–H groups in total. The first-order chi connectivity index (χ1) is 7.08. The minimum atomic E-state index is -0.480. The van der Waals surface area contributed by atoms with E-state index in [4.69, 9.17) is 0 Å². The number of benzene rings is 1. The van der Waals surface area contributed by atoms with Gasteiger partial charge in [0.25, 0.3) is 0 Å². The summed E-state index contributed by atoms with van der Waals surface area (Å²) in [5, 5.41) is 11.9. The summed E-state index contributed by atoms with van der Waals surface area (Å²) in [5.74, 6) is -0.346. The number of phenols is 1. The largest absolute Gasteiger partial charge is 0.506 e. The Morgan fingerprint density at radius 1 is 1.60 bits per heavy atom. The third-order valence-corrected chi connectivity index (χ3v) is 2.66. The molecule has 2 atom stereocenters. The zero-order valence-corrected chi connectivity index (χ0v) is 8.33. The van der Waals surface area contributed by atoms with Gasteiger partial charge in [0.2, 0.25) is 5.91 Å². The Morgan fingerprint density at radius 2 is 2.27 bits per heavy atom. The van der Waals surface area contributed by atoms with E-state index in [9.17, 15) is 14.3 Å². The molecule has 2 rings (SSSR count). The van der Waals surface area contributed by atoms with E-state index in [2.05, 4.69) is 5.32 Å². The van der Waals surface area contributed by atoms with Crippen molar-refractivity contribution in [3.05, 3.63) is 24.0 Å². The molecule has 15 heavy (non-hydrogen) atoms. The molecule has 2 unspecified atom stereocenters. The number of hydrogen-bond donors (Lipinski definition) is 2. The lowest BCUT2D eigenvalue weighted by atomic mass is 10.2. The number of halogens is 1. The molecule has 3 nitrogen and oxygen atoms in total. The number of aromatic hydroxyl groups is 1. The predicted octanol–water partition coefficient (Wildman–Crippen LogP) is 2.13. The Labute approximate surface area is 86.9 Å². The summed E-state index contributed by atoms with van der Waals surface area (Å²) in [6.45, 7) is 1.98. The van der Waals surface area contributed by atoms with Gasteiger partial charge in [-0.3, -0.25) is 4.79 Å². The second-order valence-corrected chi connectivity index (χ2v) is 3.97. The highest BCUT2D eigenvalue weighted by atomic mass is 19.1. The third-order valence-electron chi connectivity index (χ3n) is 2.66. The molecular weight excluding hydrogens is 197 g/mol. The molecule has 80 valence electrons. The average Bonchev–Trinajstić information content (AvgIpc) is 2.89. The number of phenolic OH excluding ortho intramolecular Hbond substituents is 1. The summed E-state index contributed by atoms with van der Waals surface area (Å²) in [7, 11) is 0. The van der Waals surface area contributed by atoms with Crippen LogP contribution in [0.4, 0.5) is 10.1 Å². The van der Waals surface area contributed by atoms with Crippen molar-refractivity contribution in [3.8, 4) is 5.75 Å². The van der Waals surface area contributed by atoms with Gasteiger partial charge in [0.1, 0.15) is 11.6 Å². The Kier molecular flexibility index (Phi) is 2.34. The smallest absolute Gasteiger partial charge is 0.227 e. The van der Waals surface area contributed by atoms with Gasteiger partial charge < -0.3 is 10.4 Å². The lowest BCUT2D eigenvalue weighted by Crippen LogP contribution is -2.14. The summed E-state index contributed by atoms with van der Waals surface area (Å²) < 4.78 is 12.8. The standard InChI is InChI=1S/C11H12FNO2/c1-6-4-8(6)11(15)13-9-5-7(12)2-3-10(9)14/h2-3,5-6,8,14H,4H2,1H3,(H,13,15). The Hall–Kier alpha value is -1.58. The molecule has 1 aromatic carbocycles. The van der Waals surface area contributed by atoms with Crippen LogP contribution in [-0.2, 0) is 4.79 Å². The number of carbonyl (C=O) groups excluding carboxylic acids is 1. The highest BCUT2D eigenvalue weighted by Gasteiger charge is 2.39. The molecule has 0 spiro atoms. The minimum Gasteiger partial charge on any atom is -0.506 e. The van der Waals surface area contributed by atoms with E-state index in [1.807, 2.05) is 6.92 Å². The monoisotopic (exact) mass is 209 g/mol. The molecule has 0 saturated heterocycles. The van der Waals surface area contributed by atoms with E-state index in [0.29, 0.717) is 5.92 Å². The lowest BCUT2D eigenvalue weighted by molar-refractivity contribution is -0.117. The molecule has 0 radical (unpaired) electrons. The first-order valence-corrected chi connectivity index (χ1v) is 4.87. The predicted molar refractivity (Wildman–Crippen MR) is 54.0 cm³/mol. The Bertz CT molecular complexity index is 406. The molecule has 4 heteroatoms. The van der Waals surface area contributed by atoms with Crippen LogP contribution in [-0.4, -0.2) is 11.0 Å². The van der Waals surface area contributed by atoms with Crippen LogP contribution in [0.2, 0.25) is 0 Å². The second-order valence-electron chi connectivity index (χ2n) is 3.97. The van der Waals surface area contributed by atoms with Crippen molar-refractivity contribution in [2.45, 2.75) is 13.3 Å². The quantitative estimate of drug-likeness (QED) is 0.733. The van der Waals surface area contributed by atoms with E-state index in [1.165, 1.54) is 6.07 Å². The second kappa shape index (κ2) is 3.53. The summed E-state index contributed by atoms with van der Waals surface area (Å²) >= 11 is 0. The maximum Gasteiger partial charge on any atom is 0.227 e. The molecule has 1 aliphatic rings. The number of hydrogen-bond acceptors (Lipinski definition) is 2. The maximum absolute atomic E-state index is 12.8. The van der Waals surface area contributed by atoms with Crippen molar-refractivity contribution in [1.82, 2.24) is 0 Å². The number of nitrogens with one attached hydrogen (secondary N) is 1. The maximum atomic E-state index is 12.8. The Balaban J connectivity index is 2.10. The van der Waals surface area contributed by atoms with Crippen LogP contribution in [0.1, 0.15) is 13.3 Å². The summed E-state index contributed by atoms with van der Waals surface area (Å²) in [6, 6.07) is 3.48. The first-order valence-electron chi connectivity index (χ1n) is 4.87. The van der Waals surface area contributed by atoms with Gasteiger partial charge in [-0.25, -0.2) is 4.39 Å². The average molecular weight is 209 g/mol. The molecule has 1 saturated carbocycles. The number of rotatable bonds is 2. The van der Waals surface area contributed by atoms with E-state index >= 15 is 0 Å². The van der Waals surface area contributed by atoms with Crippen molar-refractivity contribution >= 4 is 11.6 Å². The van der Waals surface area contributed by atoms with Gasteiger partial charge >= 0.3 is 0 Å². The van der Waals surface area contributed by atoms with Crippen LogP contribution >= 0.6 is 0 Å². The number of amides is 1. The van der Waals surface area contributed by atoms with E-state index in [0.717, 1.165) is 18.6 Å². The molecule has 0 bridgehead atoms. The third kappa shape index (κ3) is 2.09. The van der Waals surface area contributed by atoms with Gasteiger partial charge in [0.15, 0.2) is 0 Å². The van der Waals surface area contributed by atoms with Crippen molar-refractivity contribution in [3.63, 3.8) is 0 Å².